The van der Waals surface area contributed by atoms with Crippen LogP contribution in [-0.2, 0) is 13.0 Å². The van der Waals surface area contributed by atoms with Crippen LogP contribution in [0.15, 0.2) is 65.7 Å². The number of nitrogens with zero attached hydrogens (tertiary/aromatic N) is 2. The van der Waals surface area contributed by atoms with E-state index in [2.05, 4.69) is 57.8 Å². The first-order valence-electron chi connectivity index (χ1n) is 8.28. The summed E-state index contributed by atoms with van der Waals surface area (Å²) in [5, 5.41) is 4.70. The van der Waals surface area contributed by atoms with Gasteiger partial charge in [-0.15, -0.1) is 0 Å². The predicted octanol–water partition coefficient (Wildman–Crippen LogP) is 3.42. The maximum absolute atomic E-state index is 4.69. The highest BCUT2D eigenvalue weighted by molar-refractivity contribution is 5.80. The fraction of sp³-hybridized carbons (Fsp3) is 0.250. The highest BCUT2D eigenvalue weighted by atomic mass is 15.3. The number of rotatable bonds is 5. The fourth-order valence-corrected chi connectivity index (χ4v) is 2.68. The molecule has 0 saturated carbocycles. The van der Waals surface area contributed by atoms with Gasteiger partial charge in [-0.3, -0.25) is 0 Å². The average Bonchev–Trinajstić information content (AvgIpc) is 3.01. The first-order chi connectivity index (χ1) is 11.7. The Morgan fingerprint density at radius 3 is 2.54 bits per heavy atom. The van der Waals surface area contributed by atoms with Gasteiger partial charge in [0.1, 0.15) is 0 Å². The van der Waals surface area contributed by atoms with Crippen molar-refractivity contribution in [3.63, 3.8) is 0 Å². The van der Waals surface area contributed by atoms with Gasteiger partial charge in [0.25, 0.3) is 0 Å². The van der Waals surface area contributed by atoms with Crippen molar-refractivity contribution in [2.75, 3.05) is 20.6 Å². The molecular formula is C20H24N4. The number of H-pyrrole nitrogens is 1. The van der Waals surface area contributed by atoms with Gasteiger partial charge >= 0.3 is 0 Å². The lowest BCUT2D eigenvalue weighted by atomic mass is 10.2. The summed E-state index contributed by atoms with van der Waals surface area (Å²) in [5.41, 5.74) is 3.65. The van der Waals surface area contributed by atoms with Gasteiger partial charge in [0, 0.05) is 38.3 Å². The van der Waals surface area contributed by atoms with Crippen molar-refractivity contribution in [3.8, 4) is 0 Å². The van der Waals surface area contributed by atoms with Crippen molar-refractivity contribution in [2.45, 2.75) is 13.0 Å². The second-order valence-corrected chi connectivity index (χ2v) is 6.08. The van der Waals surface area contributed by atoms with Gasteiger partial charge in [0.05, 0.1) is 6.54 Å². The number of aromatic amines is 1. The topological polar surface area (TPSA) is 43.4 Å². The zero-order chi connectivity index (χ0) is 16.8. The molecule has 0 saturated heterocycles. The molecule has 0 aliphatic rings. The molecule has 124 valence electrons. The first-order valence-corrected chi connectivity index (χ1v) is 8.28. The monoisotopic (exact) mass is 320 g/mol. The zero-order valence-electron chi connectivity index (χ0n) is 14.3. The van der Waals surface area contributed by atoms with Gasteiger partial charge in [-0.2, -0.15) is 0 Å². The highest BCUT2D eigenvalue weighted by Crippen LogP contribution is 2.14. The molecule has 3 aromatic rings. The summed E-state index contributed by atoms with van der Waals surface area (Å²) in [6.45, 7) is 1.53. The van der Waals surface area contributed by atoms with Crippen LogP contribution in [0.2, 0.25) is 0 Å². The van der Waals surface area contributed by atoms with Crippen LogP contribution in [-0.4, -0.2) is 36.5 Å². The third-order valence-corrected chi connectivity index (χ3v) is 3.94. The van der Waals surface area contributed by atoms with Gasteiger partial charge < -0.3 is 15.2 Å². The van der Waals surface area contributed by atoms with Crippen LogP contribution in [0.4, 0.5) is 0 Å². The molecule has 4 heteroatoms. The molecule has 3 rings (SSSR count). The van der Waals surface area contributed by atoms with Crippen molar-refractivity contribution in [3.05, 3.63) is 71.9 Å². The smallest absolute Gasteiger partial charge is 0.193 e. The van der Waals surface area contributed by atoms with Crippen molar-refractivity contribution < 1.29 is 0 Å². The second-order valence-electron chi connectivity index (χ2n) is 6.08. The van der Waals surface area contributed by atoms with Crippen LogP contribution >= 0.6 is 0 Å². The summed E-state index contributed by atoms with van der Waals surface area (Å²) in [6, 6.07) is 20.9. The van der Waals surface area contributed by atoms with E-state index in [0.29, 0.717) is 6.54 Å². The number of guanidine groups is 1. The maximum atomic E-state index is 4.69. The number of benzene rings is 2. The van der Waals surface area contributed by atoms with Crippen LogP contribution < -0.4 is 5.32 Å². The number of aromatic nitrogens is 1. The van der Waals surface area contributed by atoms with E-state index in [9.17, 15) is 0 Å². The molecule has 2 aromatic carbocycles. The van der Waals surface area contributed by atoms with Crippen LogP contribution in [0.25, 0.3) is 10.9 Å². The Kier molecular flexibility index (Phi) is 5.16. The minimum absolute atomic E-state index is 0.688. The van der Waals surface area contributed by atoms with Gasteiger partial charge in [-0.25, -0.2) is 4.99 Å². The molecule has 0 bridgehead atoms. The third kappa shape index (κ3) is 4.16. The largest absolute Gasteiger partial charge is 0.358 e. The third-order valence-electron chi connectivity index (χ3n) is 3.94. The average molecular weight is 320 g/mol. The molecule has 0 amide bonds. The molecule has 1 aromatic heterocycles. The van der Waals surface area contributed by atoms with E-state index >= 15 is 0 Å². The van der Waals surface area contributed by atoms with Gasteiger partial charge in [0.15, 0.2) is 5.96 Å². The van der Waals surface area contributed by atoms with Crippen LogP contribution in [0.3, 0.4) is 0 Å². The van der Waals surface area contributed by atoms with Crippen LogP contribution in [0.5, 0.6) is 0 Å². The molecule has 0 aliphatic carbocycles. The van der Waals surface area contributed by atoms with Crippen molar-refractivity contribution in [2.24, 2.45) is 4.99 Å². The van der Waals surface area contributed by atoms with Crippen LogP contribution in [0, 0.1) is 0 Å². The lowest BCUT2D eigenvalue weighted by molar-refractivity contribution is 0.578. The summed E-state index contributed by atoms with van der Waals surface area (Å²) in [6.07, 6.45) is 0.937. The molecule has 1 heterocycles. The summed E-state index contributed by atoms with van der Waals surface area (Å²) in [4.78, 5) is 10.2. The Hall–Kier alpha value is -2.75. The van der Waals surface area contributed by atoms with Crippen molar-refractivity contribution >= 4 is 16.9 Å². The van der Waals surface area contributed by atoms with Crippen molar-refractivity contribution in [1.29, 1.82) is 0 Å². The first kappa shape index (κ1) is 16.1. The molecule has 0 spiro atoms. The molecule has 0 fully saturated rings. The van der Waals surface area contributed by atoms with Crippen LogP contribution in [0.1, 0.15) is 11.3 Å². The Morgan fingerprint density at radius 2 is 1.79 bits per heavy atom. The predicted molar refractivity (Wildman–Crippen MR) is 101 cm³/mol. The van der Waals surface area contributed by atoms with E-state index < -0.39 is 0 Å². The molecule has 24 heavy (non-hydrogen) atoms. The number of para-hydroxylation sites is 1. The van der Waals surface area contributed by atoms with E-state index in [0.717, 1.165) is 18.9 Å². The van der Waals surface area contributed by atoms with E-state index in [-0.39, 0.29) is 0 Å². The van der Waals surface area contributed by atoms with Gasteiger partial charge in [0.2, 0.25) is 0 Å². The maximum Gasteiger partial charge on any atom is 0.193 e. The summed E-state index contributed by atoms with van der Waals surface area (Å²) in [5.74, 6) is 0.912. The zero-order valence-corrected chi connectivity index (χ0v) is 14.3. The lowest BCUT2D eigenvalue weighted by Crippen LogP contribution is -2.37. The normalized spacial score (nSPS) is 11.7. The summed E-state index contributed by atoms with van der Waals surface area (Å²) in [7, 11) is 4.03. The van der Waals surface area contributed by atoms with E-state index in [1.165, 1.54) is 22.2 Å². The molecule has 0 radical (unpaired) electrons. The molecule has 4 nitrogen and oxygen atoms in total. The van der Waals surface area contributed by atoms with Gasteiger partial charge in [-0.1, -0.05) is 48.5 Å². The van der Waals surface area contributed by atoms with Gasteiger partial charge in [-0.05, 0) is 23.1 Å². The number of hydrogen-bond donors (Lipinski definition) is 2. The van der Waals surface area contributed by atoms with E-state index in [1.54, 1.807) is 0 Å². The summed E-state index contributed by atoms with van der Waals surface area (Å²) >= 11 is 0. The highest BCUT2D eigenvalue weighted by Gasteiger charge is 2.03. The molecular weight excluding hydrogens is 296 g/mol. The quantitative estimate of drug-likeness (QED) is 0.559. The SMILES string of the molecule is CN(C)C(=NCc1ccccc1)NCCc1cc2ccccc2[nH]1. The second kappa shape index (κ2) is 7.68. The molecule has 0 aliphatic heterocycles. The number of nitrogens with one attached hydrogen (secondary N) is 2. The standard InChI is InChI=1S/C20H24N4/c1-24(2)20(22-15-16-8-4-3-5-9-16)21-13-12-18-14-17-10-6-7-11-19(17)23-18/h3-11,14,23H,12-13,15H2,1-2H3,(H,21,22). The Bertz CT molecular complexity index is 770. The molecule has 0 unspecified atom stereocenters. The minimum atomic E-state index is 0.688. The number of hydrogen-bond acceptors (Lipinski definition) is 1. The molecule has 0 atom stereocenters. The number of aliphatic imine (C=N–C) groups is 1. The number of fused-ring (bicyclic) bond motifs is 1. The Balaban J connectivity index is 1.57. The molecule has 2 N–H and O–H groups in total. The fourth-order valence-electron chi connectivity index (χ4n) is 2.68. The lowest BCUT2D eigenvalue weighted by Gasteiger charge is -2.17. The van der Waals surface area contributed by atoms with E-state index in [4.69, 9.17) is 0 Å². The Labute approximate surface area is 143 Å². The summed E-state index contributed by atoms with van der Waals surface area (Å²) < 4.78 is 0. The Morgan fingerprint density at radius 1 is 1.04 bits per heavy atom. The minimum Gasteiger partial charge on any atom is -0.358 e. The van der Waals surface area contributed by atoms with E-state index in [1.807, 2.05) is 37.2 Å². The van der Waals surface area contributed by atoms with Crippen molar-refractivity contribution in [1.82, 2.24) is 15.2 Å².